The van der Waals surface area contributed by atoms with Crippen molar-refractivity contribution in [3.8, 4) is 11.5 Å². The minimum absolute atomic E-state index is 0.122. The SMILES string of the molecule is CCS(=O)(=O)N(CC(=O)N[C@H](C)c1ccccc1)c1ccc2c(c1)OCCO2. The highest BCUT2D eigenvalue weighted by atomic mass is 32.2. The molecule has 150 valence electrons. The molecular formula is C20H24N2O5S. The van der Waals surface area contributed by atoms with Gasteiger partial charge in [-0.1, -0.05) is 30.3 Å². The molecule has 1 aliphatic rings. The van der Waals surface area contributed by atoms with Gasteiger partial charge in [0.25, 0.3) is 0 Å². The number of benzene rings is 2. The molecule has 8 heteroatoms. The highest BCUT2D eigenvalue weighted by Gasteiger charge is 2.26. The fourth-order valence-electron chi connectivity index (χ4n) is 2.94. The summed E-state index contributed by atoms with van der Waals surface area (Å²) in [7, 11) is -3.66. The van der Waals surface area contributed by atoms with Gasteiger partial charge in [0.2, 0.25) is 15.9 Å². The Bertz CT molecular complexity index is 931. The van der Waals surface area contributed by atoms with Gasteiger partial charge in [-0.05, 0) is 31.5 Å². The molecule has 0 aliphatic carbocycles. The molecular weight excluding hydrogens is 380 g/mol. The van der Waals surface area contributed by atoms with Gasteiger partial charge in [-0.3, -0.25) is 9.10 Å². The van der Waals surface area contributed by atoms with Gasteiger partial charge in [0.05, 0.1) is 17.5 Å². The summed E-state index contributed by atoms with van der Waals surface area (Å²) in [5.41, 5.74) is 1.31. The number of rotatable bonds is 7. The molecule has 0 spiro atoms. The van der Waals surface area contributed by atoms with Gasteiger partial charge in [-0.25, -0.2) is 8.42 Å². The third-order valence-electron chi connectivity index (χ3n) is 4.48. The first-order chi connectivity index (χ1) is 13.4. The van der Waals surface area contributed by atoms with E-state index in [-0.39, 0.29) is 24.2 Å². The maximum absolute atomic E-state index is 12.6. The lowest BCUT2D eigenvalue weighted by atomic mass is 10.1. The summed E-state index contributed by atoms with van der Waals surface area (Å²) in [6.45, 7) is 3.93. The minimum Gasteiger partial charge on any atom is -0.486 e. The number of anilines is 1. The average molecular weight is 404 g/mol. The number of nitrogens with one attached hydrogen (secondary N) is 1. The second-order valence-corrected chi connectivity index (χ2v) is 8.62. The second kappa shape index (κ2) is 8.52. The number of amides is 1. The van der Waals surface area contributed by atoms with Crippen molar-refractivity contribution < 1.29 is 22.7 Å². The number of ether oxygens (including phenoxy) is 2. The van der Waals surface area contributed by atoms with Gasteiger partial charge < -0.3 is 14.8 Å². The van der Waals surface area contributed by atoms with Gasteiger partial charge in [0.15, 0.2) is 11.5 Å². The summed E-state index contributed by atoms with van der Waals surface area (Å²) in [5.74, 6) is 0.524. The van der Waals surface area contributed by atoms with E-state index in [0.29, 0.717) is 30.4 Å². The largest absolute Gasteiger partial charge is 0.486 e. The fourth-order valence-corrected chi connectivity index (χ4v) is 4.00. The molecule has 2 aromatic rings. The predicted molar refractivity (Wildman–Crippen MR) is 107 cm³/mol. The minimum atomic E-state index is -3.66. The van der Waals surface area contributed by atoms with Crippen LogP contribution in [0, 0.1) is 0 Å². The van der Waals surface area contributed by atoms with Crippen LogP contribution in [-0.2, 0) is 14.8 Å². The van der Waals surface area contributed by atoms with E-state index in [0.717, 1.165) is 9.87 Å². The summed E-state index contributed by atoms with van der Waals surface area (Å²) < 4.78 is 37.4. The highest BCUT2D eigenvalue weighted by molar-refractivity contribution is 7.92. The van der Waals surface area contributed by atoms with Crippen molar-refractivity contribution in [3.63, 3.8) is 0 Å². The lowest BCUT2D eigenvalue weighted by Gasteiger charge is -2.26. The summed E-state index contributed by atoms with van der Waals surface area (Å²) in [6, 6.07) is 14.1. The molecule has 28 heavy (non-hydrogen) atoms. The molecule has 2 aromatic carbocycles. The van der Waals surface area contributed by atoms with E-state index in [1.807, 2.05) is 37.3 Å². The zero-order valence-electron chi connectivity index (χ0n) is 15.9. The molecule has 0 bridgehead atoms. The van der Waals surface area contributed by atoms with E-state index >= 15 is 0 Å². The monoisotopic (exact) mass is 404 g/mol. The highest BCUT2D eigenvalue weighted by Crippen LogP contribution is 2.34. The molecule has 0 fully saturated rings. The lowest BCUT2D eigenvalue weighted by Crippen LogP contribution is -2.42. The lowest BCUT2D eigenvalue weighted by molar-refractivity contribution is -0.120. The van der Waals surface area contributed by atoms with Crippen molar-refractivity contribution in [2.75, 3.05) is 29.8 Å². The number of nitrogens with zero attached hydrogens (tertiary/aromatic N) is 1. The Labute approximate surface area is 165 Å². The van der Waals surface area contributed by atoms with E-state index in [1.165, 1.54) is 0 Å². The Balaban J connectivity index is 1.80. The van der Waals surface area contributed by atoms with Crippen LogP contribution in [0.2, 0.25) is 0 Å². The zero-order valence-corrected chi connectivity index (χ0v) is 16.7. The fraction of sp³-hybridized carbons (Fsp3) is 0.350. The molecule has 0 radical (unpaired) electrons. The molecule has 0 unspecified atom stereocenters. The predicted octanol–water partition coefficient (Wildman–Crippen LogP) is 2.49. The van der Waals surface area contributed by atoms with E-state index in [4.69, 9.17) is 9.47 Å². The molecule has 1 aliphatic heterocycles. The van der Waals surface area contributed by atoms with Crippen LogP contribution in [0.25, 0.3) is 0 Å². The van der Waals surface area contributed by atoms with Crippen molar-refractivity contribution in [3.05, 3.63) is 54.1 Å². The van der Waals surface area contributed by atoms with Crippen molar-refractivity contribution >= 4 is 21.6 Å². The van der Waals surface area contributed by atoms with Crippen LogP contribution in [0.3, 0.4) is 0 Å². The maximum atomic E-state index is 12.6. The standard InChI is InChI=1S/C20H24N2O5S/c1-3-28(24,25)22(17-9-10-18-19(13-17)27-12-11-26-18)14-20(23)21-15(2)16-7-5-4-6-8-16/h4-10,13,15H,3,11-12,14H2,1-2H3,(H,21,23)/t15-/m1/s1. The summed E-state index contributed by atoms with van der Waals surface area (Å²) in [6.07, 6.45) is 0. The van der Waals surface area contributed by atoms with Gasteiger partial charge in [-0.2, -0.15) is 0 Å². The maximum Gasteiger partial charge on any atom is 0.241 e. The Kier molecular flexibility index (Phi) is 6.08. The summed E-state index contributed by atoms with van der Waals surface area (Å²) >= 11 is 0. The molecule has 1 N–H and O–H groups in total. The number of hydrogen-bond donors (Lipinski definition) is 1. The molecule has 1 amide bonds. The van der Waals surface area contributed by atoms with E-state index in [2.05, 4.69) is 5.32 Å². The normalized spacial score (nSPS) is 14.2. The van der Waals surface area contributed by atoms with Crippen LogP contribution in [-0.4, -0.2) is 39.8 Å². The Morgan fingerprint density at radius 3 is 2.46 bits per heavy atom. The van der Waals surface area contributed by atoms with Crippen molar-refractivity contribution in [2.24, 2.45) is 0 Å². The van der Waals surface area contributed by atoms with Gasteiger partial charge in [0.1, 0.15) is 19.8 Å². The van der Waals surface area contributed by atoms with E-state index in [1.54, 1.807) is 25.1 Å². The summed E-state index contributed by atoms with van der Waals surface area (Å²) in [5, 5.41) is 2.85. The molecule has 3 rings (SSSR count). The quantitative estimate of drug-likeness (QED) is 0.766. The molecule has 1 atom stereocenters. The topological polar surface area (TPSA) is 84.9 Å². The number of carbonyl (C=O) groups excluding carboxylic acids is 1. The van der Waals surface area contributed by atoms with Crippen molar-refractivity contribution in [1.29, 1.82) is 0 Å². The molecule has 0 aromatic heterocycles. The molecule has 0 saturated heterocycles. The van der Waals surface area contributed by atoms with Gasteiger partial charge >= 0.3 is 0 Å². The Morgan fingerprint density at radius 2 is 1.79 bits per heavy atom. The molecule has 1 heterocycles. The number of sulfonamides is 1. The van der Waals surface area contributed by atoms with Gasteiger partial charge in [-0.15, -0.1) is 0 Å². The van der Waals surface area contributed by atoms with Crippen LogP contribution in [0.5, 0.6) is 11.5 Å². The van der Waals surface area contributed by atoms with Crippen LogP contribution >= 0.6 is 0 Å². The van der Waals surface area contributed by atoms with Crippen LogP contribution in [0.4, 0.5) is 5.69 Å². The van der Waals surface area contributed by atoms with Crippen LogP contribution in [0.15, 0.2) is 48.5 Å². The molecule has 0 saturated carbocycles. The molecule has 7 nitrogen and oxygen atoms in total. The van der Waals surface area contributed by atoms with E-state index in [9.17, 15) is 13.2 Å². The average Bonchev–Trinajstić information content (AvgIpc) is 2.72. The summed E-state index contributed by atoms with van der Waals surface area (Å²) in [4.78, 5) is 12.6. The van der Waals surface area contributed by atoms with Crippen LogP contribution in [0.1, 0.15) is 25.5 Å². The number of hydrogen-bond acceptors (Lipinski definition) is 5. The first-order valence-corrected chi connectivity index (χ1v) is 10.8. The Morgan fingerprint density at radius 1 is 1.11 bits per heavy atom. The zero-order chi connectivity index (χ0) is 20.1. The Hall–Kier alpha value is -2.74. The second-order valence-electron chi connectivity index (χ2n) is 6.44. The van der Waals surface area contributed by atoms with Crippen molar-refractivity contribution in [2.45, 2.75) is 19.9 Å². The van der Waals surface area contributed by atoms with Crippen molar-refractivity contribution in [1.82, 2.24) is 5.32 Å². The van der Waals surface area contributed by atoms with Crippen LogP contribution < -0.4 is 19.1 Å². The third kappa shape index (κ3) is 4.56. The number of fused-ring (bicyclic) bond motifs is 1. The first kappa shape index (κ1) is 20.0. The van der Waals surface area contributed by atoms with Gasteiger partial charge in [0, 0.05) is 6.07 Å². The van der Waals surface area contributed by atoms with E-state index < -0.39 is 10.0 Å². The third-order valence-corrected chi connectivity index (χ3v) is 6.22. The first-order valence-electron chi connectivity index (χ1n) is 9.15. The number of carbonyl (C=O) groups is 1. The smallest absolute Gasteiger partial charge is 0.241 e.